The maximum absolute atomic E-state index is 2.59. The number of rotatable bonds is 45. The molecule has 0 radical (unpaired) electrons. The molecule has 0 aromatic heterocycles. The Bertz CT molecular complexity index is 589. The van der Waals surface area contributed by atoms with E-state index < -0.39 is 0 Å². The lowest BCUT2D eigenvalue weighted by molar-refractivity contribution is -0.971. The third-order valence-electron chi connectivity index (χ3n) is 13.2. The van der Waals surface area contributed by atoms with E-state index in [1.165, 1.54) is 294 Å². The molecule has 0 aliphatic rings. The van der Waals surface area contributed by atoms with Gasteiger partial charge in [0, 0.05) is 0 Å². The van der Waals surface area contributed by atoms with Crippen molar-refractivity contribution < 1.29 is 28.5 Å². The third kappa shape index (κ3) is 38.2. The van der Waals surface area contributed by atoms with Gasteiger partial charge in [-0.3, -0.25) is 0 Å². The lowest BCUT2D eigenvalue weighted by atomic mass is 9.96. The third-order valence-corrected chi connectivity index (χ3v) is 13.2. The maximum atomic E-state index is 2.59. The van der Waals surface area contributed by atoms with E-state index in [2.05, 4.69) is 41.5 Å². The summed E-state index contributed by atoms with van der Waals surface area (Å²) in [5, 5.41) is 0. The van der Waals surface area contributed by atoms with E-state index in [1.54, 1.807) is 0 Å². The van der Waals surface area contributed by atoms with Crippen molar-refractivity contribution in [2.24, 2.45) is 0 Å². The van der Waals surface area contributed by atoms with Gasteiger partial charge in [-0.25, -0.2) is 0 Å². The van der Waals surface area contributed by atoms with E-state index in [0.717, 1.165) is 0 Å². The van der Waals surface area contributed by atoms with Crippen LogP contribution in [0, 0.1) is 0 Å². The number of hydrogen-bond donors (Lipinski definition) is 0. The van der Waals surface area contributed by atoms with Crippen LogP contribution in [-0.2, 0) is 0 Å². The zero-order chi connectivity index (χ0) is 38.8. The van der Waals surface area contributed by atoms with Crippen molar-refractivity contribution in [1.29, 1.82) is 0 Å². The fraction of sp³-hybridized carbons (Fsp3) is 1.00. The van der Waals surface area contributed by atoms with Crippen LogP contribution in [0.3, 0.4) is 0 Å². The molecule has 0 N–H and O–H groups in total. The summed E-state index contributed by atoms with van der Waals surface area (Å²) in [6.45, 7) is 19.0. The summed E-state index contributed by atoms with van der Waals surface area (Å²) in [5.74, 6) is 0. The molecule has 0 saturated heterocycles. The van der Waals surface area contributed by atoms with Crippen LogP contribution in [0.4, 0.5) is 0 Å². The monoisotopic (exact) mass is 874 g/mol. The Morgan fingerprint density at radius 2 is 0.352 bits per heavy atom. The molecule has 0 atom stereocenters. The van der Waals surface area contributed by atoms with Gasteiger partial charge in [-0.2, -0.15) is 0 Å². The molecule has 0 unspecified atom stereocenters. The van der Waals surface area contributed by atoms with Crippen LogP contribution < -0.4 is 24.0 Å². The first-order valence-electron chi connectivity index (χ1n) is 25.8. The van der Waals surface area contributed by atoms with E-state index in [9.17, 15) is 0 Å². The van der Waals surface area contributed by atoms with Gasteiger partial charge in [0.15, 0.2) is 0 Å². The van der Waals surface area contributed by atoms with Crippen molar-refractivity contribution >= 4 is 0 Å². The van der Waals surface area contributed by atoms with Crippen molar-refractivity contribution in [3.63, 3.8) is 0 Å². The largest absolute Gasteiger partial charge is 1.00 e. The van der Waals surface area contributed by atoms with Crippen LogP contribution in [0.1, 0.15) is 311 Å². The second-order valence-corrected chi connectivity index (χ2v) is 19.3. The number of hydrogen-bond acceptors (Lipinski definition) is 0. The average molecular weight is 874 g/mol. The van der Waals surface area contributed by atoms with Gasteiger partial charge in [-0.15, -0.1) is 0 Å². The van der Waals surface area contributed by atoms with Crippen LogP contribution in [0.2, 0.25) is 0 Å². The zero-order valence-corrected chi connectivity index (χ0v) is 41.3. The first-order valence-corrected chi connectivity index (χ1v) is 25.8. The Labute approximate surface area is 362 Å². The van der Waals surface area contributed by atoms with E-state index >= 15 is 0 Å². The predicted octanol–water partition coefficient (Wildman–Crippen LogP) is 16.0. The normalized spacial score (nSPS) is 12.1. The van der Waals surface area contributed by atoms with E-state index in [1.807, 2.05) is 0 Å². The number of quaternary nitrogens is 1. The smallest absolute Gasteiger partial charge is 0.0907 e. The van der Waals surface area contributed by atoms with Crippen molar-refractivity contribution in [3.8, 4) is 0 Å². The lowest BCUT2D eigenvalue weighted by Crippen LogP contribution is -3.00. The van der Waals surface area contributed by atoms with Gasteiger partial charge in [0.25, 0.3) is 0 Å². The lowest BCUT2D eigenvalue weighted by Gasteiger charge is -2.49. The summed E-state index contributed by atoms with van der Waals surface area (Å²) in [6, 6.07) is 0. The molecule has 0 aromatic carbocycles. The fourth-order valence-corrected chi connectivity index (χ4v) is 9.17. The molecule has 0 amide bonds. The first-order chi connectivity index (χ1) is 25.9. The minimum absolute atomic E-state index is 0. The number of halogens is 1. The molecular weight excluding hydrogens is 765 g/mol. The van der Waals surface area contributed by atoms with Crippen LogP contribution in [0.5, 0.6) is 0 Å². The van der Waals surface area contributed by atoms with Gasteiger partial charge in [0.05, 0.1) is 25.2 Å². The molecule has 1 nitrogen and oxygen atoms in total. The second kappa shape index (κ2) is 44.8. The molecule has 0 fully saturated rings. The molecule has 0 bridgehead atoms. The number of nitrogens with zero attached hydrogens (tertiary/aromatic N) is 1. The Hall–Kier alpha value is 0.690. The van der Waals surface area contributed by atoms with Crippen molar-refractivity contribution in [1.82, 2.24) is 0 Å². The Balaban J connectivity index is 0. The quantitative estimate of drug-likeness (QED) is 0.0325. The molecule has 0 aromatic rings. The summed E-state index contributed by atoms with van der Waals surface area (Å²) in [6.07, 6.45) is 61.5. The Morgan fingerprint density at radius 1 is 0.222 bits per heavy atom. The van der Waals surface area contributed by atoms with Crippen LogP contribution in [0.15, 0.2) is 0 Å². The molecule has 54 heavy (non-hydrogen) atoms. The molecule has 328 valence electrons. The van der Waals surface area contributed by atoms with Gasteiger partial charge < -0.3 is 28.5 Å². The van der Waals surface area contributed by atoms with Crippen LogP contribution in [-0.4, -0.2) is 29.7 Å². The topological polar surface area (TPSA) is 0 Å². The Kier molecular flexibility index (Phi) is 47.1. The van der Waals surface area contributed by atoms with Gasteiger partial charge >= 0.3 is 0 Å². The molecule has 0 rings (SSSR count). The van der Waals surface area contributed by atoms with E-state index in [0.29, 0.717) is 5.54 Å². The molecule has 0 spiro atoms. The van der Waals surface area contributed by atoms with Crippen molar-refractivity contribution in [2.75, 3.05) is 19.6 Å². The summed E-state index contributed by atoms with van der Waals surface area (Å²) < 4.78 is 1.39. The highest BCUT2D eigenvalue weighted by molar-refractivity contribution is 4.67. The Morgan fingerprint density at radius 3 is 0.481 bits per heavy atom. The zero-order valence-electron chi connectivity index (χ0n) is 39.1. The molecule has 0 aliphatic carbocycles. The van der Waals surface area contributed by atoms with Gasteiger partial charge in [0.1, 0.15) is 0 Å². The van der Waals surface area contributed by atoms with Gasteiger partial charge in [-0.1, -0.05) is 252 Å². The average Bonchev–Trinajstić information content (AvgIpc) is 3.14. The van der Waals surface area contributed by atoms with Crippen LogP contribution in [0.25, 0.3) is 0 Å². The molecular formula is C52H108IN. The molecule has 0 heterocycles. The standard InChI is InChI=1S/C52H108N.HI/c1-7-10-13-16-19-22-25-28-31-34-37-40-43-46-49-53(52(4,5)6,50-47-44-41-38-35-32-29-26-23-20-17-14-11-8-2)51-48-45-42-39-36-33-30-27-24-21-18-15-12-9-3;/h7-51H2,1-6H3;1H/q+1;/p-1. The minimum atomic E-state index is 0. The highest BCUT2D eigenvalue weighted by atomic mass is 127. The summed E-state index contributed by atoms with van der Waals surface area (Å²) in [7, 11) is 0. The van der Waals surface area contributed by atoms with Crippen molar-refractivity contribution in [2.45, 2.75) is 317 Å². The second-order valence-electron chi connectivity index (χ2n) is 19.3. The molecule has 0 aliphatic heterocycles. The highest BCUT2D eigenvalue weighted by Crippen LogP contribution is 2.29. The van der Waals surface area contributed by atoms with E-state index in [4.69, 9.17) is 0 Å². The van der Waals surface area contributed by atoms with E-state index in [-0.39, 0.29) is 24.0 Å². The minimum Gasteiger partial charge on any atom is -1.00 e. The predicted molar refractivity (Wildman–Crippen MR) is 246 cm³/mol. The van der Waals surface area contributed by atoms with Crippen molar-refractivity contribution in [3.05, 3.63) is 0 Å². The number of unbranched alkanes of at least 4 members (excludes halogenated alkanes) is 39. The summed E-state index contributed by atoms with van der Waals surface area (Å²) >= 11 is 0. The summed E-state index contributed by atoms with van der Waals surface area (Å²) in [5.41, 5.74) is 0.365. The summed E-state index contributed by atoms with van der Waals surface area (Å²) in [4.78, 5) is 0. The molecule has 0 saturated carbocycles. The van der Waals surface area contributed by atoms with Gasteiger partial charge in [0.2, 0.25) is 0 Å². The maximum Gasteiger partial charge on any atom is 0.0907 e. The highest BCUT2D eigenvalue weighted by Gasteiger charge is 2.38. The fourth-order valence-electron chi connectivity index (χ4n) is 9.17. The van der Waals surface area contributed by atoms with Gasteiger partial charge in [-0.05, 0) is 59.3 Å². The molecule has 2 heteroatoms. The SMILES string of the molecule is CCCCCCCCCCCCCCCC[N+](CCCCCCCCCCCCCCCC)(CCCCCCCCCCCCCCCC)C(C)(C)C.[I-]. The first kappa shape index (κ1) is 56.8. The van der Waals surface area contributed by atoms with Crippen LogP contribution >= 0.6 is 0 Å².